The number of unbranched alkanes of at least 4 members (excludes halogenated alkanes) is 12. The fourth-order valence-corrected chi connectivity index (χ4v) is 5.14. The van der Waals surface area contributed by atoms with Crippen molar-refractivity contribution < 1.29 is 28.0 Å². The van der Waals surface area contributed by atoms with Crippen molar-refractivity contribution in [1.82, 2.24) is 5.32 Å². The predicted molar refractivity (Wildman–Crippen MR) is 181 cm³/mol. The van der Waals surface area contributed by atoms with Crippen LogP contribution in [0.25, 0.3) is 0 Å². The van der Waals surface area contributed by atoms with Gasteiger partial charge in [0.25, 0.3) is 10.1 Å². The van der Waals surface area contributed by atoms with Crippen LogP contribution in [-0.2, 0) is 14.9 Å². The molecule has 3 atom stereocenters. The second-order valence-corrected chi connectivity index (χ2v) is 12.7. The van der Waals surface area contributed by atoms with Gasteiger partial charge in [-0.05, 0) is 57.8 Å². The topological polar surface area (TPSA) is 124 Å². The minimum atomic E-state index is -4.47. The molecule has 7 nitrogen and oxygen atoms in total. The van der Waals surface area contributed by atoms with Gasteiger partial charge >= 0.3 is 0 Å². The van der Waals surface area contributed by atoms with Crippen LogP contribution < -0.4 is 5.32 Å². The molecule has 0 fully saturated rings. The molecule has 248 valence electrons. The molecule has 0 rings (SSSR count). The summed E-state index contributed by atoms with van der Waals surface area (Å²) < 4.78 is 32.2. The Morgan fingerprint density at radius 3 is 1.70 bits per heavy atom. The Balaban J connectivity index is 4.41. The summed E-state index contributed by atoms with van der Waals surface area (Å²) in [6, 6.07) is -1.29. The van der Waals surface area contributed by atoms with Gasteiger partial charge in [-0.3, -0.25) is 9.35 Å². The van der Waals surface area contributed by atoms with Gasteiger partial charge in [-0.15, -0.1) is 0 Å². The Morgan fingerprint density at radius 2 is 1.12 bits per heavy atom. The number of allylic oxidation sites excluding steroid dienone is 8. The second-order valence-electron chi connectivity index (χ2n) is 11.2. The van der Waals surface area contributed by atoms with Crippen molar-refractivity contribution in [3.8, 4) is 0 Å². The molecular weight excluding hydrogens is 562 g/mol. The standard InChI is InChI=1S/C35H61NO6S/c1-3-5-7-9-11-13-15-17-18-20-21-23-25-27-29-33(37)32(31-43(40,41)42)36-35(39)34(38)30-28-26-24-22-19-16-14-12-10-8-6-4-2/h13,15,19-22,26-29,32-34,37-38H,3-12,14,16-18,23-25,30-31H2,1-2H3,(H,36,39)(H,40,41,42)/b15-13+,21-20+,22-19-,28-26-,29-27+. The lowest BCUT2D eigenvalue weighted by Crippen LogP contribution is -2.50. The molecule has 0 aromatic carbocycles. The minimum absolute atomic E-state index is 0.0583. The second kappa shape index (κ2) is 28.8. The Labute approximate surface area is 263 Å². The number of nitrogens with one attached hydrogen (secondary N) is 1. The van der Waals surface area contributed by atoms with Gasteiger partial charge in [0.2, 0.25) is 5.91 Å². The van der Waals surface area contributed by atoms with E-state index in [1.54, 1.807) is 12.2 Å². The van der Waals surface area contributed by atoms with Crippen molar-refractivity contribution in [2.45, 2.75) is 148 Å². The zero-order chi connectivity index (χ0) is 32.0. The number of rotatable bonds is 28. The van der Waals surface area contributed by atoms with E-state index in [-0.39, 0.29) is 6.42 Å². The summed E-state index contributed by atoms with van der Waals surface area (Å²) in [4.78, 5) is 12.4. The molecule has 43 heavy (non-hydrogen) atoms. The van der Waals surface area contributed by atoms with Crippen LogP contribution in [0.1, 0.15) is 129 Å². The van der Waals surface area contributed by atoms with Crippen molar-refractivity contribution in [3.63, 3.8) is 0 Å². The van der Waals surface area contributed by atoms with Crippen molar-refractivity contribution in [2.24, 2.45) is 0 Å². The number of aliphatic hydroxyl groups is 2. The zero-order valence-corrected chi connectivity index (χ0v) is 27.7. The summed E-state index contributed by atoms with van der Waals surface area (Å²) in [5.41, 5.74) is 0. The molecule has 0 spiro atoms. The van der Waals surface area contributed by atoms with E-state index in [1.165, 1.54) is 70.3 Å². The molecule has 1 amide bonds. The van der Waals surface area contributed by atoms with E-state index in [0.29, 0.717) is 12.8 Å². The van der Waals surface area contributed by atoms with Crippen LogP contribution in [0.4, 0.5) is 0 Å². The number of hydrogen-bond acceptors (Lipinski definition) is 5. The first-order valence-electron chi connectivity index (χ1n) is 16.6. The fraction of sp³-hybridized carbons (Fsp3) is 0.686. The van der Waals surface area contributed by atoms with Gasteiger partial charge < -0.3 is 15.5 Å². The average Bonchev–Trinajstić information content (AvgIpc) is 2.96. The van der Waals surface area contributed by atoms with Crippen LogP contribution in [0, 0.1) is 0 Å². The highest BCUT2D eigenvalue weighted by molar-refractivity contribution is 7.85. The van der Waals surface area contributed by atoms with Gasteiger partial charge in [0.05, 0.1) is 17.9 Å². The van der Waals surface area contributed by atoms with Gasteiger partial charge in [-0.2, -0.15) is 8.42 Å². The molecule has 0 saturated carbocycles. The molecular formula is C35H61NO6S. The molecule has 0 bridgehead atoms. The number of carbonyl (C=O) groups is 1. The average molecular weight is 624 g/mol. The number of amides is 1. The Hall–Kier alpha value is -2.00. The van der Waals surface area contributed by atoms with Gasteiger partial charge in [-0.25, -0.2) is 0 Å². The Kier molecular flexibility index (Phi) is 27.4. The maximum absolute atomic E-state index is 12.4. The van der Waals surface area contributed by atoms with Crippen molar-refractivity contribution in [2.75, 3.05) is 5.75 Å². The summed E-state index contributed by atoms with van der Waals surface area (Å²) in [7, 11) is -4.47. The molecule has 4 N–H and O–H groups in total. The zero-order valence-electron chi connectivity index (χ0n) is 26.9. The fourth-order valence-electron chi connectivity index (χ4n) is 4.41. The number of carbonyl (C=O) groups excluding carboxylic acids is 1. The summed E-state index contributed by atoms with van der Waals surface area (Å²) in [6.45, 7) is 4.43. The van der Waals surface area contributed by atoms with E-state index in [2.05, 4.69) is 55.6 Å². The molecule has 0 aliphatic rings. The van der Waals surface area contributed by atoms with Crippen LogP contribution in [-0.4, -0.2) is 53.1 Å². The third-order valence-electron chi connectivity index (χ3n) is 7.01. The molecule has 0 aromatic rings. The largest absolute Gasteiger partial charge is 0.387 e. The lowest BCUT2D eigenvalue weighted by Gasteiger charge is -2.22. The van der Waals surface area contributed by atoms with E-state index in [1.807, 2.05) is 6.08 Å². The molecule has 8 heteroatoms. The Bertz CT molecular complexity index is 923. The van der Waals surface area contributed by atoms with Crippen LogP contribution in [0.5, 0.6) is 0 Å². The first-order valence-corrected chi connectivity index (χ1v) is 18.2. The van der Waals surface area contributed by atoms with Gasteiger partial charge in [0.1, 0.15) is 6.10 Å². The van der Waals surface area contributed by atoms with E-state index < -0.39 is 40.0 Å². The quantitative estimate of drug-likeness (QED) is 0.0399. The lowest BCUT2D eigenvalue weighted by molar-refractivity contribution is -0.130. The minimum Gasteiger partial charge on any atom is -0.387 e. The third-order valence-corrected chi connectivity index (χ3v) is 7.79. The maximum atomic E-state index is 12.4. The third kappa shape index (κ3) is 28.5. The lowest BCUT2D eigenvalue weighted by atomic mass is 10.1. The first-order chi connectivity index (χ1) is 20.7. The summed E-state index contributed by atoms with van der Waals surface area (Å²) in [6.07, 6.45) is 35.8. The van der Waals surface area contributed by atoms with Gasteiger partial charge in [0.15, 0.2) is 0 Å². The smallest absolute Gasteiger partial charge is 0.267 e. The van der Waals surface area contributed by atoms with Crippen molar-refractivity contribution in [3.05, 3.63) is 60.8 Å². The van der Waals surface area contributed by atoms with Crippen LogP contribution in [0.3, 0.4) is 0 Å². The monoisotopic (exact) mass is 623 g/mol. The predicted octanol–water partition coefficient (Wildman–Crippen LogP) is 7.92. The van der Waals surface area contributed by atoms with Crippen LogP contribution >= 0.6 is 0 Å². The van der Waals surface area contributed by atoms with Crippen LogP contribution in [0.15, 0.2) is 60.8 Å². The first kappa shape index (κ1) is 41.0. The molecule has 0 heterocycles. The van der Waals surface area contributed by atoms with Gasteiger partial charge in [-0.1, -0.05) is 126 Å². The molecule has 0 radical (unpaired) electrons. The summed E-state index contributed by atoms with van der Waals surface area (Å²) in [5, 5.41) is 23.1. The highest BCUT2D eigenvalue weighted by Gasteiger charge is 2.27. The van der Waals surface area contributed by atoms with E-state index in [4.69, 9.17) is 0 Å². The highest BCUT2D eigenvalue weighted by atomic mass is 32.2. The normalized spacial score (nSPS) is 15.0. The van der Waals surface area contributed by atoms with E-state index in [0.717, 1.165) is 32.1 Å². The van der Waals surface area contributed by atoms with Crippen LogP contribution in [0.2, 0.25) is 0 Å². The number of aliphatic hydroxyl groups excluding tert-OH is 2. The number of hydrogen-bond donors (Lipinski definition) is 4. The molecule has 0 saturated heterocycles. The summed E-state index contributed by atoms with van der Waals surface area (Å²) in [5.74, 6) is -1.66. The molecule has 0 aliphatic heterocycles. The van der Waals surface area contributed by atoms with Crippen molar-refractivity contribution >= 4 is 16.0 Å². The summed E-state index contributed by atoms with van der Waals surface area (Å²) >= 11 is 0. The SMILES string of the molecule is CCCCCC/C=C/CC/C=C/CC/C=C/C(O)C(CS(=O)(=O)O)NC(=O)C(O)C/C=C\C/C=C\CCCCCCCC. The maximum Gasteiger partial charge on any atom is 0.267 e. The van der Waals surface area contributed by atoms with Crippen molar-refractivity contribution in [1.29, 1.82) is 0 Å². The molecule has 3 unspecified atom stereocenters. The van der Waals surface area contributed by atoms with E-state index >= 15 is 0 Å². The highest BCUT2D eigenvalue weighted by Crippen LogP contribution is 2.08. The Morgan fingerprint density at radius 1 is 0.651 bits per heavy atom. The molecule has 0 aliphatic carbocycles. The molecule has 0 aromatic heterocycles. The van der Waals surface area contributed by atoms with Gasteiger partial charge in [0, 0.05) is 6.42 Å². The van der Waals surface area contributed by atoms with E-state index in [9.17, 15) is 28.0 Å².